The number of hydrogen-bond acceptors (Lipinski definition) is 1. The average molecular weight is 230 g/mol. The van der Waals surface area contributed by atoms with Gasteiger partial charge >= 0.3 is 0 Å². The lowest BCUT2D eigenvalue weighted by Gasteiger charge is -2.13. The summed E-state index contributed by atoms with van der Waals surface area (Å²) in [5.74, 6) is 0. The lowest BCUT2D eigenvalue weighted by atomic mass is 10.0. The first-order valence-corrected chi connectivity index (χ1v) is 5.81. The molecule has 0 aromatic heterocycles. The van der Waals surface area contributed by atoms with Gasteiger partial charge in [0, 0.05) is 10.7 Å². The van der Waals surface area contributed by atoms with E-state index in [2.05, 4.69) is 35.6 Å². The maximum atomic E-state index is 6.21. The Morgan fingerprint density at radius 2 is 1.75 bits per heavy atom. The molecule has 2 aromatic carbocycles. The largest absolute Gasteiger partial charge is 0.378 e. The minimum atomic E-state index is 0.311. The third-order valence-electron chi connectivity index (χ3n) is 3.05. The first-order chi connectivity index (χ1) is 7.84. The van der Waals surface area contributed by atoms with E-state index in [1.165, 1.54) is 16.8 Å². The molecule has 0 fully saturated rings. The van der Waals surface area contributed by atoms with E-state index in [4.69, 9.17) is 11.6 Å². The van der Waals surface area contributed by atoms with Gasteiger partial charge in [0.1, 0.15) is 0 Å². The van der Waals surface area contributed by atoms with Gasteiger partial charge in [-0.1, -0.05) is 48.0 Å². The van der Waals surface area contributed by atoms with Gasteiger partial charge in [-0.3, -0.25) is 0 Å². The molecular formula is C14H12ClN. The number of fused-ring (bicyclic) bond motifs is 1. The van der Waals surface area contributed by atoms with Crippen LogP contribution in [-0.4, -0.2) is 0 Å². The molecule has 1 nitrogen and oxygen atoms in total. The highest BCUT2D eigenvalue weighted by Crippen LogP contribution is 2.36. The van der Waals surface area contributed by atoms with Crippen LogP contribution in [-0.2, 0) is 6.42 Å². The van der Waals surface area contributed by atoms with Crippen molar-refractivity contribution in [3.05, 3.63) is 64.7 Å². The van der Waals surface area contributed by atoms with Crippen molar-refractivity contribution in [2.75, 3.05) is 5.32 Å². The third kappa shape index (κ3) is 1.57. The Balaban J connectivity index is 1.95. The molecule has 0 spiro atoms. The van der Waals surface area contributed by atoms with Gasteiger partial charge in [0.15, 0.2) is 0 Å². The summed E-state index contributed by atoms with van der Waals surface area (Å²) in [6, 6.07) is 16.8. The lowest BCUT2D eigenvalue weighted by molar-refractivity contribution is 0.824. The summed E-state index contributed by atoms with van der Waals surface area (Å²) < 4.78 is 0. The Bertz CT molecular complexity index is 497. The molecular weight excluding hydrogens is 218 g/mol. The minimum Gasteiger partial charge on any atom is -0.378 e. The minimum absolute atomic E-state index is 0.311. The number of rotatable bonds is 1. The fourth-order valence-electron chi connectivity index (χ4n) is 2.24. The van der Waals surface area contributed by atoms with Gasteiger partial charge < -0.3 is 5.32 Å². The summed E-state index contributed by atoms with van der Waals surface area (Å²) in [4.78, 5) is 0. The molecule has 0 saturated carbocycles. The van der Waals surface area contributed by atoms with Crippen LogP contribution in [0.15, 0.2) is 48.5 Å². The maximum Gasteiger partial charge on any atom is 0.0569 e. The molecule has 0 saturated heterocycles. The first kappa shape index (κ1) is 9.73. The topological polar surface area (TPSA) is 12.0 Å². The van der Waals surface area contributed by atoms with Crippen LogP contribution in [0.1, 0.15) is 17.2 Å². The molecule has 3 rings (SSSR count). The second-order valence-electron chi connectivity index (χ2n) is 4.08. The number of para-hydroxylation sites is 1. The van der Waals surface area contributed by atoms with Gasteiger partial charge in [-0.05, 0) is 29.7 Å². The highest BCUT2D eigenvalue weighted by Gasteiger charge is 2.22. The van der Waals surface area contributed by atoms with Crippen LogP contribution in [0.2, 0.25) is 5.02 Å². The molecule has 1 N–H and O–H groups in total. The Morgan fingerprint density at radius 1 is 1.00 bits per heavy atom. The van der Waals surface area contributed by atoms with E-state index in [1.54, 1.807) is 0 Å². The van der Waals surface area contributed by atoms with E-state index < -0.39 is 0 Å². The molecule has 1 aliphatic rings. The van der Waals surface area contributed by atoms with E-state index in [-0.39, 0.29) is 0 Å². The highest BCUT2D eigenvalue weighted by molar-refractivity contribution is 6.31. The van der Waals surface area contributed by atoms with Gasteiger partial charge in [0.25, 0.3) is 0 Å². The van der Waals surface area contributed by atoms with Crippen LogP contribution in [0, 0.1) is 0 Å². The number of benzene rings is 2. The summed E-state index contributed by atoms with van der Waals surface area (Å²) in [6.07, 6.45) is 1.01. The van der Waals surface area contributed by atoms with Gasteiger partial charge in [-0.2, -0.15) is 0 Å². The van der Waals surface area contributed by atoms with Crippen molar-refractivity contribution in [2.24, 2.45) is 0 Å². The third-order valence-corrected chi connectivity index (χ3v) is 3.40. The van der Waals surface area contributed by atoms with Gasteiger partial charge in [0.2, 0.25) is 0 Å². The second-order valence-corrected chi connectivity index (χ2v) is 4.49. The second kappa shape index (κ2) is 3.84. The highest BCUT2D eigenvalue weighted by atomic mass is 35.5. The zero-order valence-corrected chi connectivity index (χ0v) is 9.54. The predicted octanol–water partition coefficient (Wildman–Crippen LogP) is 4.05. The van der Waals surface area contributed by atoms with Crippen molar-refractivity contribution in [1.82, 2.24) is 0 Å². The van der Waals surface area contributed by atoms with Crippen LogP contribution in [0.4, 0.5) is 5.69 Å². The zero-order valence-electron chi connectivity index (χ0n) is 8.78. The predicted molar refractivity (Wildman–Crippen MR) is 68.0 cm³/mol. The van der Waals surface area contributed by atoms with Gasteiger partial charge in [-0.25, -0.2) is 0 Å². The van der Waals surface area contributed by atoms with E-state index >= 15 is 0 Å². The Hall–Kier alpha value is -1.47. The average Bonchev–Trinajstić information content (AvgIpc) is 2.73. The first-order valence-electron chi connectivity index (χ1n) is 5.43. The molecule has 1 aliphatic heterocycles. The molecule has 1 atom stereocenters. The lowest BCUT2D eigenvalue weighted by Crippen LogP contribution is -2.05. The maximum absolute atomic E-state index is 6.21. The number of nitrogens with one attached hydrogen (secondary N) is 1. The standard InChI is InChI=1S/C14H12ClN/c15-12-7-3-2-6-11(12)14-9-10-5-1-4-8-13(10)16-14/h1-8,14,16H,9H2. The monoisotopic (exact) mass is 229 g/mol. The van der Waals surface area contributed by atoms with Gasteiger partial charge in [-0.15, -0.1) is 0 Å². The van der Waals surface area contributed by atoms with E-state index in [9.17, 15) is 0 Å². The van der Waals surface area contributed by atoms with E-state index in [1.807, 2.05) is 18.2 Å². The summed E-state index contributed by atoms with van der Waals surface area (Å²) in [5, 5.41) is 4.35. The molecule has 80 valence electrons. The molecule has 16 heavy (non-hydrogen) atoms. The number of halogens is 1. The van der Waals surface area contributed by atoms with Crippen molar-refractivity contribution in [2.45, 2.75) is 12.5 Å². The van der Waals surface area contributed by atoms with Crippen LogP contribution < -0.4 is 5.32 Å². The molecule has 0 amide bonds. The molecule has 2 heteroatoms. The Morgan fingerprint density at radius 3 is 2.56 bits per heavy atom. The zero-order chi connectivity index (χ0) is 11.0. The van der Waals surface area contributed by atoms with Crippen LogP contribution >= 0.6 is 11.6 Å². The Labute approximate surface area is 100 Å². The van der Waals surface area contributed by atoms with Gasteiger partial charge in [0.05, 0.1) is 6.04 Å². The molecule has 0 radical (unpaired) electrons. The Kier molecular flexibility index (Phi) is 2.33. The quantitative estimate of drug-likeness (QED) is 0.778. The summed E-state index contributed by atoms with van der Waals surface area (Å²) in [5.41, 5.74) is 3.78. The molecule has 1 heterocycles. The SMILES string of the molecule is Clc1ccccc1C1Cc2ccccc2N1. The molecule has 2 aromatic rings. The summed E-state index contributed by atoms with van der Waals surface area (Å²) in [6.45, 7) is 0. The molecule has 1 unspecified atom stereocenters. The van der Waals surface area contributed by atoms with Crippen molar-refractivity contribution >= 4 is 17.3 Å². The fraction of sp³-hybridized carbons (Fsp3) is 0.143. The smallest absolute Gasteiger partial charge is 0.0569 e. The number of hydrogen-bond donors (Lipinski definition) is 1. The van der Waals surface area contributed by atoms with E-state index in [0.717, 1.165) is 11.4 Å². The number of anilines is 1. The molecule has 0 aliphatic carbocycles. The normalized spacial score (nSPS) is 17.9. The van der Waals surface area contributed by atoms with Crippen LogP contribution in [0.3, 0.4) is 0 Å². The van der Waals surface area contributed by atoms with Crippen molar-refractivity contribution in [3.8, 4) is 0 Å². The van der Waals surface area contributed by atoms with E-state index in [0.29, 0.717) is 6.04 Å². The molecule has 0 bridgehead atoms. The fourth-order valence-corrected chi connectivity index (χ4v) is 2.51. The van der Waals surface area contributed by atoms with Crippen molar-refractivity contribution in [3.63, 3.8) is 0 Å². The van der Waals surface area contributed by atoms with Crippen molar-refractivity contribution in [1.29, 1.82) is 0 Å². The van der Waals surface area contributed by atoms with Crippen molar-refractivity contribution < 1.29 is 0 Å². The summed E-state index contributed by atoms with van der Waals surface area (Å²) in [7, 11) is 0. The van der Waals surface area contributed by atoms with Crippen LogP contribution in [0.5, 0.6) is 0 Å². The summed E-state index contributed by atoms with van der Waals surface area (Å²) >= 11 is 6.21. The van der Waals surface area contributed by atoms with Crippen LogP contribution in [0.25, 0.3) is 0 Å².